The fraction of sp³-hybridized carbons (Fsp3) is 0.636. The summed E-state index contributed by atoms with van der Waals surface area (Å²) in [7, 11) is 0. The fourth-order valence-electron chi connectivity index (χ4n) is 4.72. The van der Waals surface area contributed by atoms with E-state index in [9.17, 15) is 9.59 Å². The smallest absolute Gasteiger partial charge is 0.293 e. The molecule has 7 nitrogen and oxygen atoms in total. The van der Waals surface area contributed by atoms with Crippen molar-refractivity contribution in [2.24, 2.45) is 5.92 Å². The van der Waals surface area contributed by atoms with Crippen molar-refractivity contribution in [1.82, 2.24) is 9.80 Å². The van der Waals surface area contributed by atoms with E-state index in [-0.39, 0.29) is 17.7 Å². The molecule has 3 heterocycles. The molecule has 1 aromatic rings. The van der Waals surface area contributed by atoms with Crippen LogP contribution in [0, 0.1) is 5.92 Å². The summed E-state index contributed by atoms with van der Waals surface area (Å²) in [4.78, 5) is 32.1. The van der Waals surface area contributed by atoms with Gasteiger partial charge in [0.2, 0.25) is 5.91 Å². The Kier molecular flexibility index (Phi) is 5.90. The number of benzene rings is 1. The largest absolute Gasteiger partial charge is 0.343 e. The van der Waals surface area contributed by atoms with E-state index >= 15 is 0 Å². The normalized spacial score (nSPS) is 24.0. The number of anilines is 1. The maximum absolute atomic E-state index is 13.4. The Hall–Kier alpha value is -1.96. The van der Waals surface area contributed by atoms with Gasteiger partial charge >= 0.3 is 0 Å². The van der Waals surface area contributed by atoms with E-state index in [1.165, 1.54) is 0 Å². The molecule has 1 atom stereocenters. The Balaban J connectivity index is 1.52. The Bertz CT molecular complexity index is 758. The molecule has 0 N–H and O–H groups in total. The molecule has 1 aromatic carbocycles. The van der Waals surface area contributed by atoms with E-state index in [0.29, 0.717) is 26.4 Å². The summed E-state index contributed by atoms with van der Waals surface area (Å²) < 4.78 is 11.8. The van der Waals surface area contributed by atoms with Gasteiger partial charge in [-0.3, -0.25) is 19.4 Å². The molecule has 3 aliphatic heterocycles. The molecule has 4 rings (SSSR count). The average molecular weight is 402 g/mol. The van der Waals surface area contributed by atoms with Crippen LogP contribution in [-0.4, -0.2) is 67.7 Å². The number of likely N-dealkylation sites (tertiary alicyclic amines) is 1. The molecule has 0 aromatic heterocycles. The SMILES string of the molecule is CCN(CC)C(=O)[C@H]1CCCN(CN2C(=O)C3(OCCCO3)c3ccccc32)C1. The lowest BCUT2D eigenvalue weighted by molar-refractivity contribution is -0.257. The zero-order valence-corrected chi connectivity index (χ0v) is 17.4. The summed E-state index contributed by atoms with van der Waals surface area (Å²) in [6.45, 7) is 8.54. The first-order valence-corrected chi connectivity index (χ1v) is 10.8. The van der Waals surface area contributed by atoms with Gasteiger partial charge in [0.05, 0.1) is 31.5 Å². The molecular formula is C22H31N3O4. The van der Waals surface area contributed by atoms with Crippen molar-refractivity contribution in [3.63, 3.8) is 0 Å². The van der Waals surface area contributed by atoms with Crippen LogP contribution >= 0.6 is 0 Å². The first-order valence-electron chi connectivity index (χ1n) is 10.8. The van der Waals surface area contributed by atoms with Crippen LogP contribution in [0.4, 0.5) is 5.69 Å². The van der Waals surface area contributed by atoms with Crippen LogP contribution in [0.25, 0.3) is 0 Å². The molecular weight excluding hydrogens is 370 g/mol. The van der Waals surface area contributed by atoms with Gasteiger partial charge in [-0.2, -0.15) is 0 Å². The summed E-state index contributed by atoms with van der Waals surface area (Å²) in [6.07, 6.45) is 2.66. The van der Waals surface area contributed by atoms with E-state index in [4.69, 9.17) is 9.47 Å². The second kappa shape index (κ2) is 8.42. The molecule has 2 fully saturated rings. The molecule has 0 unspecified atom stereocenters. The summed E-state index contributed by atoms with van der Waals surface area (Å²) in [6, 6.07) is 7.72. The zero-order valence-electron chi connectivity index (χ0n) is 17.4. The average Bonchev–Trinajstić information content (AvgIpc) is 2.98. The third kappa shape index (κ3) is 3.56. The van der Waals surface area contributed by atoms with E-state index in [2.05, 4.69) is 4.90 Å². The second-order valence-electron chi connectivity index (χ2n) is 7.99. The van der Waals surface area contributed by atoms with Crippen molar-refractivity contribution in [1.29, 1.82) is 0 Å². The van der Waals surface area contributed by atoms with Crippen LogP contribution in [0.2, 0.25) is 0 Å². The van der Waals surface area contributed by atoms with Gasteiger partial charge in [0.15, 0.2) is 0 Å². The Labute approximate surface area is 172 Å². The van der Waals surface area contributed by atoms with Crippen LogP contribution in [0.3, 0.4) is 0 Å². The van der Waals surface area contributed by atoms with Gasteiger partial charge in [-0.15, -0.1) is 0 Å². The van der Waals surface area contributed by atoms with Crippen molar-refractivity contribution in [2.45, 2.75) is 38.9 Å². The third-order valence-electron chi connectivity index (χ3n) is 6.25. The molecule has 158 valence electrons. The monoisotopic (exact) mass is 401 g/mol. The molecule has 0 bridgehead atoms. The number of piperidine rings is 1. The van der Waals surface area contributed by atoms with E-state index in [0.717, 1.165) is 50.1 Å². The van der Waals surface area contributed by atoms with Gasteiger partial charge in [-0.05, 0) is 45.7 Å². The number of carbonyl (C=O) groups is 2. The number of nitrogens with zero attached hydrogens (tertiary/aromatic N) is 3. The van der Waals surface area contributed by atoms with Gasteiger partial charge in [-0.1, -0.05) is 18.2 Å². The molecule has 0 aliphatic carbocycles. The van der Waals surface area contributed by atoms with Crippen molar-refractivity contribution in [2.75, 3.05) is 51.0 Å². The highest BCUT2D eigenvalue weighted by Crippen LogP contribution is 2.45. The highest BCUT2D eigenvalue weighted by Gasteiger charge is 2.55. The van der Waals surface area contributed by atoms with E-state index in [1.54, 1.807) is 4.90 Å². The van der Waals surface area contributed by atoms with Crippen molar-refractivity contribution in [3.8, 4) is 0 Å². The minimum absolute atomic E-state index is 0.00672. The van der Waals surface area contributed by atoms with Crippen LogP contribution in [0.5, 0.6) is 0 Å². The number of amides is 2. The van der Waals surface area contributed by atoms with E-state index < -0.39 is 5.79 Å². The maximum Gasteiger partial charge on any atom is 0.293 e. The minimum atomic E-state index is -1.30. The lowest BCUT2D eigenvalue weighted by Gasteiger charge is -2.37. The number of rotatable bonds is 5. The molecule has 0 saturated carbocycles. The third-order valence-corrected chi connectivity index (χ3v) is 6.25. The van der Waals surface area contributed by atoms with Crippen molar-refractivity contribution < 1.29 is 19.1 Å². The van der Waals surface area contributed by atoms with Gasteiger partial charge < -0.3 is 14.4 Å². The molecule has 0 radical (unpaired) electrons. The topological polar surface area (TPSA) is 62.3 Å². The molecule has 1 spiro atoms. The standard InChI is InChI=1S/C22H31N3O4/c1-3-24(4-2)20(26)17-9-7-12-23(15-17)16-25-19-11-6-5-10-18(19)22(21(25)27)28-13-8-14-29-22/h5-6,10-11,17H,3-4,7-9,12-16H2,1-2H3/t17-/m0/s1. The Morgan fingerprint density at radius 1 is 1.17 bits per heavy atom. The highest BCUT2D eigenvalue weighted by atomic mass is 16.7. The summed E-state index contributed by atoms with van der Waals surface area (Å²) >= 11 is 0. The minimum Gasteiger partial charge on any atom is -0.343 e. The highest BCUT2D eigenvalue weighted by molar-refractivity contribution is 6.06. The van der Waals surface area contributed by atoms with Crippen LogP contribution in [-0.2, 0) is 24.8 Å². The molecule has 3 aliphatic rings. The lowest BCUT2D eigenvalue weighted by Crippen LogP contribution is -2.52. The number of hydrogen-bond acceptors (Lipinski definition) is 5. The number of hydrogen-bond donors (Lipinski definition) is 0. The van der Waals surface area contributed by atoms with Crippen LogP contribution in [0.1, 0.15) is 38.7 Å². The first kappa shape index (κ1) is 20.3. The lowest BCUT2D eigenvalue weighted by atomic mass is 9.96. The second-order valence-corrected chi connectivity index (χ2v) is 7.99. The van der Waals surface area contributed by atoms with E-state index in [1.807, 2.05) is 43.0 Å². The van der Waals surface area contributed by atoms with Crippen LogP contribution in [0.15, 0.2) is 24.3 Å². The molecule has 29 heavy (non-hydrogen) atoms. The van der Waals surface area contributed by atoms with Gasteiger partial charge in [-0.25, -0.2) is 0 Å². The number of para-hydroxylation sites is 1. The fourth-order valence-corrected chi connectivity index (χ4v) is 4.72. The van der Waals surface area contributed by atoms with Gasteiger partial charge in [0, 0.05) is 25.2 Å². The van der Waals surface area contributed by atoms with Gasteiger partial charge in [0.1, 0.15) is 0 Å². The predicted molar refractivity (Wildman–Crippen MR) is 109 cm³/mol. The quantitative estimate of drug-likeness (QED) is 0.757. The van der Waals surface area contributed by atoms with Crippen LogP contribution < -0.4 is 4.90 Å². The summed E-state index contributed by atoms with van der Waals surface area (Å²) in [5.74, 6) is -1.24. The number of fused-ring (bicyclic) bond motifs is 2. The first-order chi connectivity index (χ1) is 14.1. The molecule has 2 amide bonds. The summed E-state index contributed by atoms with van der Waals surface area (Å²) in [5, 5.41) is 0. The molecule has 2 saturated heterocycles. The van der Waals surface area contributed by atoms with Crippen molar-refractivity contribution >= 4 is 17.5 Å². The number of carbonyl (C=O) groups excluding carboxylic acids is 2. The molecule has 7 heteroatoms. The maximum atomic E-state index is 13.4. The Morgan fingerprint density at radius 2 is 1.90 bits per heavy atom. The summed E-state index contributed by atoms with van der Waals surface area (Å²) in [5.41, 5.74) is 1.63. The zero-order chi connectivity index (χ0) is 20.4. The van der Waals surface area contributed by atoms with Gasteiger partial charge in [0.25, 0.3) is 11.7 Å². The predicted octanol–water partition coefficient (Wildman–Crippen LogP) is 2.16. The Morgan fingerprint density at radius 3 is 2.62 bits per heavy atom. The van der Waals surface area contributed by atoms with Crippen molar-refractivity contribution in [3.05, 3.63) is 29.8 Å². The number of ether oxygens (including phenoxy) is 2.